The first-order valence-electron chi connectivity index (χ1n) is 20.1. The highest BCUT2D eigenvalue weighted by Crippen LogP contribution is 2.54. The molecule has 48 heavy (non-hydrogen) atoms. The summed E-state index contributed by atoms with van der Waals surface area (Å²) in [5, 5.41) is 11.5. The van der Waals surface area contributed by atoms with Gasteiger partial charge in [-0.05, 0) is 107 Å². The summed E-state index contributed by atoms with van der Waals surface area (Å²) in [6.45, 7) is 27.9. The van der Waals surface area contributed by atoms with Crippen LogP contribution in [0.15, 0.2) is 12.2 Å². The quantitative estimate of drug-likeness (QED) is 0.134. The summed E-state index contributed by atoms with van der Waals surface area (Å²) in [7, 11) is -3.54. The Morgan fingerprint density at radius 3 is 2.02 bits per heavy atom. The normalized spacial score (nSPS) is 41.4. The third-order valence-corrected chi connectivity index (χ3v) is 23.4. The van der Waals surface area contributed by atoms with Gasteiger partial charge in [0.15, 0.2) is 22.4 Å². The van der Waals surface area contributed by atoms with Gasteiger partial charge in [0.2, 0.25) is 5.79 Å². The summed E-state index contributed by atoms with van der Waals surface area (Å²) in [6.07, 6.45) is 8.94. The summed E-state index contributed by atoms with van der Waals surface area (Å²) in [5.74, 6) is -1.36. The maximum absolute atomic E-state index is 11.5. The minimum absolute atomic E-state index is 0.00271. The Labute approximate surface area is 296 Å². The Kier molecular flexibility index (Phi) is 13.4. The lowest BCUT2D eigenvalue weighted by Gasteiger charge is -2.55. The number of aliphatic hydroxyl groups excluding tert-OH is 1. The van der Waals surface area contributed by atoms with Crippen LogP contribution in [0.4, 0.5) is 0 Å². The molecule has 7 nitrogen and oxygen atoms in total. The first-order chi connectivity index (χ1) is 22.7. The van der Waals surface area contributed by atoms with Crippen LogP contribution in [-0.2, 0) is 27.8 Å². The summed E-state index contributed by atoms with van der Waals surface area (Å²) in [6, 6.07) is 6.85. The molecule has 0 aromatic carbocycles. The lowest BCUT2D eigenvalue weighted by molar-refractivity contribution is -0.410. The van der Waals surface area contributed by atoms with E-state index in [1.165, 1.54) is 0 Å². The van der Waals surface area contributed by atoms with E-state index in [4.69, 9.17) is 27.8 Å². The average molecular weight is 711 g/mol. The molecule has 4 rings (SSSR count). The van der Waals surface area contributed by atoms with E-state index in [0.717, 1.165) is 81.4 Å². The monoisotopic (exact) mass is 710 g/mol. The highest BCUT2D eigenvalue weighted by Gasteiger charge is 2.63. The third kappa shape index (κ3) is 7.52. The Balaban J connectivity index is 1.52. The Morgan fingerprint density at radius 1 is 0.854 bits per heavy atom. The van der Waals surface area contributed by atoms with Crippen LogP contribution in [0.25, 0.3) is 0 Å². The van der Waals surface area contributed by atoms with Gasteiger partial charge in [-0.3, -0.25) is 0 Å². The molecule has 0 bridgehead atoms. The van der Waals surface area contributed by atoms with E-state index in [-0.39, 0.29) is 35.7 Å². The number of hydrogen-bond acceptors (Lipinski definition) is 7. The molecule has 2 spiro atoms. The molecule has 280 valence electrons. The molecule has 0 aromatic heterocycles. The predicted octanol–water partition coefficient (Wildman–Crippen LogP) is 9.74. The van der Waals surface area contributed by atoms with Crippen LogP contribution in [0.2, 0.25) is 36.3 Å². The van der Waals surface area contributed by atoms with Gasteiger partial charge in [-0.1, -0.05) is 69.2 Å². The SMILES string of the molecule is CC[C@@H](CO[Si](CC)(CC)CC)[C@H]1O[C@@]2(C=C[C@H](O)[C@@]3(CC[C@@](C)([C@H]4CC[C@@](CC)(O[Si](CC)(CC)CC)[C@H](C)O4)O3)O2)[C@H](C)C[C@@H]1C. The van der Waals surface area contributed by atoms with E-state index < -0.39 is 39.9 Å². The van der Waals surface area contributed by atoms with Crippen LogP contribution in [-0.4, -0.2) is 75.5 Å². The van der Waals surface area contributed by atoms with Crippen LogP contribution in [0, 0.1) is 17.8 Å². The maximum Gasteiger partial charge on any atom is 0.202 e. The molecule has 11 atom stereocenters. The fourth-order valence-corrected chi connectivity index (χ4v) is 15.6. The van der Waals surface area contributed by atoms with Gasteiger partial charge in [0.25, 0.3) is 0 Å². The van der Waals surface area contributed by atoms with E-state index >= 15 is 0 Å². The zero-order valence-electron chi connectivity index (χ0n) is 33.0. The molecule has 3 saturated heterocycles. The number of aliphatic hydroxyl groups is 1. The van der Waals surface area contributed by atoms with Crippen molar-refractivity contribution in [2.24, 2.45) is 17.8 Å². The molecule has 3 fully saturated rings. The third-order valence-electron chi connectivity index (χ3n) is 14.1. The van der Waals surface area contributed by atoms with Gasteiger partial charge in [-0.25, -0.2) is 0 Å². The fourth-order valence-electron chi connectivity index (χ4n) is 9.67. The molecule has 0 radical (unpaired) electrons. The second-order valence-electron chi connectivity index (χ2n) is 16.3. The van der Waals surface area contributed by atoms with Gasteiger partial charge in [0.05, 0.1) is 29.5 Å². The lowest BCUT2D eigenvalue weighted by Crippen LogP contribution is -2.63. The first kappa shape index (κ1) is 40.7. The smallest absolute Gasteiger partial charge is 0.202 e. The van der Waals surface area contributed by atoms with Crippen molar-refractivity contribution in [2.45, 2.75) is 211 Å². The van der Waals surface area contributed by atoms with E-state index in [1.54, 1.807) is 0 Å². The highest BCUT2D eigenvalue weighted by molar-refractivity contribution is 6.74. The Hall–Kier alpha value is -0.106. The average Bonchev–Trinajstić information content (AvgIpc) is 3.44. The molecular formula is C39H74O7Si2. The van der Waals surface area contributed by atoms with Gasteiger partial charge in [-0.2, -0.15) is 0 Å². The molecule has 0 unspecified atom stereocenters. The fraction of sp³-hybridized carbons (Fsp3) is 0.949. The van der Waals surface area contributed by atoms with Crippen LogP contribution in [0.1, 0.15) is 128 Å². The zero-order chi connectivity index (χ0) is 35.6. The topological polar surface area (TPSA) is 75.6 Å². The van der Waals surface area contributed by atoms with Gasteiger partial charge >= 0.3 is 0 Å². The van der Waals surface area contributed by atoms with E-state index in [1.807, 2.05) is 12.2 Å². The van der Waals surface area contributed by atoms with Crippen molar-refractivity contribution >= 4 is 16.6 Å². The summed E-state index contributed by atoms with van der Waals surface area (Å²) in [5.41, 5.74) is -0.843. The van der Waals surface area contributed by atoms with Crippen molar-refractivity contribution in [3.63, 3.8) is 0 Å². The second kappa shape index (κ2) is 15.9. The number of ether oxygens (including phenoxy) is 4. The molecule has 9 heteroatoms. The highest BCUT2D eigenvalue weighted by atomic mass is 28.4. The summed E-state index contributed by atoms with van der Waals surface area (Å²) < 4.78 is 42.2. The van der Waals surface area contributed by atoms with Crippen LogP contribution in [0.3, 0.4) is 0 Å². The largest absolute Gasteiger partial charge is 0.416 e. The Morgan fingerprint density at radius 2 is 1.48 bits per heavy atom. The summed E-state index contributed by atoms with van der Waals surface area (Å²) in [4.78, 5) is 0. The zero-order valence-corrected chi connectivity index (χ0v) is 35.0. The molecule has 0 aromatic rings. The molecule has 0 aliphatic carbocycles. The van der Waals surface area contributed by atoms with Crippen molar-refractivity contribution in [1.29, 1.82) is 0 Å². The number of rotatable bonds is 15. The van der Waals surface area contributed by atoms with Crippen molar-refractivity contribution < 1.29 is 32.9 Å². The molecule has 0 saturated carbocycles. The first-order valence-corrected chi connectivity index (χ1v) is 25.2. The summed E-state index contributed by atoms with van der Waals surface area (Å²) >= 11 is 0. The van der Waals surface area contributed by atoms with Crippen molar-refractivity contribution in [2.75, 3.05) is 6.61 Å². The van der Waals surface area contributed by atoms with E-state index in [2.05, 4.69) is 83.1 Å². The van der Waals surface area contributed by atoms with Crippen molar-refractivity contribution in [3.05, 3.63) is 12.2 Å². The van der Waals surface area contributed by atoms with Gasteiger partial charge in [-0.15, -0.1) is 0 Å². The molecule has 4 aliphatic rings. The second-order valence-corrected chi connectivity index (χ2v) is 25.8. The molecule has 4 heterocycles. The van der Waals surface area contributed by atoms with E-state index in [0.29, 0.717) is 12.3 Å². The van der Waals surface area contributed by atoms with Crippen LogP contribution in [0.5, 0.6) is 0 Å². The molecule has 1 N–H and O–H groups in total. The Bertz CT molecular complexity index is 1050. The number of hydrogen-bond donors (Lipinski definition) is 1. The molecule has 0 amide bonds. The van der Waals surface area contributed by atoms with E-state index in [9.17, 15) is 5.11 Å². The van der Waals surface area contributed by atoms with Crippen molar-refractivity contribution in [1.82, 2.24) is 0 Å². The van der Waals surface area contributed by atoms with Crippen LogP contribution >= 0.6 is 0 Å². The van der Waals surface area contributed by atoms with Gasteiger partial charge in [0.1, 0.15) is 6.10 Å². The van der Waals surface area contributed by atoms with Gasteiger partial charge < -0.3 is 32.9 Å². The minimum atomic E-state index is -1.82. The molecule has 4 aliphatic heterocycles. The molecular weight excluding hydrogens is 637 g/mol. The maximum atomic E-state index is 11.5. The predicted molar refractivity (Wildman–Crippen MR) is 200 cm³/mol. The van der Waals surface area contributed by atoms with Gasteiger partial charge in [0, 0.05) is 24.9 Å². The van der Waals surface area contributed by atoms with Crippen molar-refractivity contribution in [3.8, 4) is 0 Å². The standard InChI is InChI=1S/C39H74O7Si2/c1-13-32(28-41-47(15-3,16-4)17-5)35-29(9)27-30(10)38(43-35)24-21-33(40)39(45-38)26-25-36(12,44-39)34-22-23-37(14-2,31(11)42-34)46-48(18-6,19-7)20-8/h21,24,29-35,40H,13-20,22-23,25-28H2,1-12H3/t29-,30+,31-,32-,33-,34+,35-,36-,37+,38+,39+/m0/s1. The lowest BCUT2D eigenvalue weighted by atomic mass is 9.77. The minimum Gasteiger partial charge on any atom is -0.416 e. The van der Waals surface area contributed by atoms with Crippen LogP contribution < -0.4 is 0 Å².